The summed E-state index contributed by atoms with van der Waals surface area (Å²) in [7, 11) is 0. The average molecular weight is 305 g/mol. The summed E-state index contributed by atoms with van der Waals surface area (Å²) in [6.45, 7) is 8.15. The lowest BCUT2D eigenvalue weighted by Crippen LogP contribution is -3.00. The Morgan fingerprint density at radius 2 is 1.76 bits per heavy atom. The van der Waals surface area contributed by atoms with E-state index < -0.39 is 0 Å². The van der Waals surface area contributed by atoms with Gasteiger partial charge < -0.3 is 21.7 Å². The minimum absolute atomic E-state index is 0. The molecule has 0 saturated heterocycles. The summed E-state index contributed by atoms with van der Waals surface area (Å²) in [5.41, 5.74) is 2.60. The maximum absolute atomic E-state index is 6.00. The molecule has 1 aromatic carbocycles. The topological polar surface area (TPSA) is 42.2 Å². The van der Waals surface area contributed by atoms with Crippen LogP contribution in [0.5, 0.6) is 0 Å². The molecule has 0 saturated carbocycles. The van der Waals surface area contributed by atoms with Gasteiger partial charge in [-0.2, -0.15) is 0 Å². The van der Waals surface area contributed by atoms with Crippen molar-refractivity contribution in [3.05, 3.63) is 30.1 Å². The molecule has 3 aromatic rings. The summed E-state index contributed by atoms with van der Waals surface area (Å²) in [5, 5.41) is 1.06. The van der Waals surface area contributed by atoms with Gasteiger partial charge in [0.2, 0.25) is 0 Å². The van der Waals surface area contributed by atoms with Gasteiger partial charge in [0.15, 0.2) is 11.4 Å². The summed E-state index contributed by atoms with van der Waals surface area (Å²) < 4.78 is 6.00. The monoisotopic (exact) mass is 304 g/mol. The molecule has 0 atom stereocenters. The first kappa shape index (κ1) is 15.6. The number of furan rings is 1. The van der Waals surface area contributed by atoms with Crippen LogP contribution in [0.3, 0.4) is 0 Å². The van der Waals surface area contributed by atoms with Crippen molar-refractivity contribution in [2.75, 3.05) is 18.0 Å². The Kier molecular flexibility index (Phi) is 4.68. The van der Waals surface area contributed by atoms with Gasteiger partial charge in [-0.15, -0.1) is 0 Å². The number of rotatable bonds is 4. The van der Waals surface area contributed by atoms with Gasteiger partial charge in [0, 0.05) is 24.9 Å². The first-order valence-corrected chi connectivity index (χ1v) is 7.21. The predicted molar refractivity (Wildman–Crippen MR) is 82.2 cm³/mol. The van der Waals surface area contributed by atoms with Crippen LogP contribution in [-0.2, 0) is 6.42 Å². The molecule has 0 fully saturated rings. The number of nitrogens with zero attached hydrogens (tertiary/aromatic N) is 3. The number of benzene rings is 1. The Hall–Kier alpha value is -1.81. The number of aromatic nitrogens is 2. The molecule has 112 valence electrons. The highest BCUT2D eigenvalue weighted by molar-refractivity contribution is 6.05. The minimum Gasteiger partial charge on any atom is -1.00 e. The number of fused-ring (bicyclic) bond motifs is 3. The lowest BCUT2D eigenvalue weighted by atomic mass is 10.2. The van der Waals surface area contributed by atoms with Crippen LogP contribution in [0, 0.1) is 0 Å². The molecule has 0 spiro atoms. The lowest BCUT2D eigenvalue weighted by Gasteiger charge is -2.20. The minimum atomic E-state index is 0. The van der Waals surface area contributed by atoms with Gasteiger partial charge in [0.25, 0.3) is 0 Å². The average Bonchev–Trinajstić information content (AvgIpc) is 2.87. The third kappa shape index (κ3) is 2.56. The van der Waals surface area contributed by atoms with E-state index in [1.165, 1.54) is 0 Å². The van der Waals surface area contributed by atoms with Crippen molar-refractivity contribution < 1.29 is 16.8 Å². The van der Waals surface area contributed by atoms with Crippen LogP contribution in [-0.4, -0.2) is 23.1 Å². The SMILES string of the molecule is CCc1nc(N(CC)CC)c2oc3ccccc3c2n1.[Cl-]. The second-order valence-electron chi connectivity index (χ2n) is 4.77. The van der Waals surface area contributed by atoms with Gasteiger partial charge in [0.1, 0.15) is 16.9 Å². The van der Waals surface area contributed by atoms with E-state index in [1.807, 2.05) is 18.2 Å². The molecule has 0 bridgehead atoms. The van der Waals surface area contributed by atoms with Crippen molar-refractivity contribution in [3.8, 4) is 0 Å². The first-order chi connectivity index (χ1) is 9.78. The summed E-state index contributed by atoms with van der Waals surface area (Å²) >= 11 is 0. The zero-order chi connectivity index (χ0) is 14.1. The fraction of sp³-hybridized carbons (Fsp3) is 0.375. The molecule has 2 heterocycles. The Bertz CT molecular complexity index is 750. The quantitative estimate of drug-likeness (QED) is 0.715. The van der Waals surface area contributed by atoms with E-state index >= 15 is 0 Å². The van der Waals surface area contributed by atoms with Crippen LogP contribution in [0.25, 0.3) is 22.1 Å². The van der Waals surface area contributed by atoms with Gasteiger partial charge in [-0.05, 0) is 26.0 Å². The van der Waals surface area contributed by atoms with Crippen molar-refractivity contribution in [1.29, 1.82) is 0 Å². The number of para-hydroxylation sites is 1. The van der Waals surface area contributed by atoms with E-state index in [2.05, 4.69) is 41.7 Å². The molecule has 0 amide bonds. The van der Waals surface area contributed by atoms with E-state index in [0.717, 1.165) is 53.2 Å². The third-order valence-corrected chi connectivity index (χ3v) is 3.63. The highest BCUT2D eigenvalue weighted by atomic mass is 35.5. The van der Waals surface area contributed by atoms with Crippen molar-refractivity contribution in [2.24, 2.45) is 0 Å². The third-order valence-electron chi connectivity index (χ3n) is 3.63. The Balaban J connectivity index is 0.00000161. The number of halogens is 1. The number of anilines is 1. The Morgan fingerprint density at radius 3 is 2.43 bits per heavy atom. The Morgan fingerprint density at radius 1 is 1.05 bits per heavy atom. The van der Waals surface area contributed by atoms with Crippen LogP contribution >= 0.6 is 0 Å². The molecule has 3 rings (SSSR count). The van der Waals surface area contributed by atoms with Crippen LogP contribution in [0.4, 0.5) is 5.82 Å². The molecular weight excluding hydrogens is 286 g/mol. The van der Waals surface area contributed by atoms with Crippen molar-refractivity contribution >= 4 is 27.9 Å². The molecule has 0 N–H and O–H groups in total. The fourth-order valence-electron chi connectivity index (χ4n) is 2.52. The molecule has 21 heavy (non-hydrogen) atoms. The van der Waals surface area contributed by atoms with Crippen LogP contribution in [0.2, 0.25) is 0 Å². The second kappa shape index (κ2) is 6.31. The van der Waals surface area contributed by atoms with Gasteiger partial charge in [0.05, 0.1) is 0 Å². The maximum atomic E-state index is 6.00. The van der Waals surface area contributed by atoms with Crippen LogP contribution in [0.15, 0.2) is 28.7 Å². The summed E-state index contributed by atoms with van der Waals surface area (Å²) in [4.78, 5) is 11.6. The fourth-order valence-corrected chi connectivity index (χ4v) is 2.52. The summed E-state index contributed by atoms with van der Waals surface area (Å²) in [6.07, 6.45) is 0.823. The smallest absolute Gasteiger partial charge is 0.196 e. The van der Waals surface area contributed by atoms with Crippen LogP contribution in [0.1, 0.15) is 26.6 Å². The highest BCUT2D eigenvalue weighted by Crippen LogP contribution is 2.32. The molecule has 0 aliphatic carbocycles. The lowest BCUT2D eigenvalue weighted by molar-refractivity contribution is -0.00000476. The Labute approximate surface area is 130 Å². The molecule has 5 heteroatoms. The molecule has 2 aromatic heterocycles. The summed E-state index contributed by atoms with van der Waals surface area (Å²) in [5.74, 6) is 1.78. The molecule has 4 nitrogen and oxygen atoms in total. The van der Waals surface area contributed by atoms with E-state index in [4.69, 9.17) is 4.42 Å². The molecule has 0 aliphatic rings. The molecule has 0 aliphatic heterocycles. The van der Waals surface area contributed by atoms with Crippen molar-refractivity contribution in [3.63, 3.8) is 0 Å². The molecular formula is C16H19ClN3O-. The molecule has 0 unspecified atom stereocenters. The normalized spacial score (nSPS) is 10.8. The first-order valence-electron chi connectivity index (χ1n) is 7.21. The van der Waals surface area contributed by atoms with Gasteiger partial charge in [-0.1, -0.05) is 19.1 Å². The predicted octanol–water partition coefficient (Wildman–Crippen LogP) is 0.789. The van der Waals surface area contributed by atoms with Gasteiger partial charge in [-0.3, -0.25) is 0 Å². The largest absolute Gasteiger partial charge is 1.00 e. The molecule has 0 radical (unpaired) electrons. The van der Waals surface area contributed by atoms with Gasteiger partial charge >= 0.3 is 0 Å². The highest BCUT2D eigenvalue weighted by Gasteiger charge is 2.18. The van der Waals surface area contributed by atoms with Crippen molar-refractivity contribution in [2.45, 2.75) is 27.2 Å². The number of hydrogen-bond donors (Lipinski definition) is 0. The number of aryl methyl sites for hydroxylation is 1. The van der Waals surface area contributed by atoms with E-state index in [0.29, 0.717) is 0 Å². The second-order valence-corrected chi connectivity index (χ2v) is 4.77. The van der Waals surface area contributed by atoms with E-state index in [-0.39, 0.29) is 12.4 Å². The van der Waals surface area contributed by atoms with Gasteiger partial charge in [-0.25, -0.2) is 9.97 Å². The summed E-state index contributed by atoms with van der Waals surface area (Å²) in [6, 6.07) is 8.03. The van der Waals surface area contributed by atoms with E-state index in [9.17, 15) is 0 Å². The van der Waals surface area contributed by atoms with Crippen molar-refractivity contribution in [1.82, 2.24) is 9.97 Å². The zero-order valence-corrected chi connectivity index (χ0v) is 13.3. The number of hydrogen-bond acceptors (Lipinski definition) is 4. The van der Waals surface area contributed by atoms with Crippen LogP contribution < -0.4 is 17.3 Å². The van der Waals surface area contributed by atoms with E-state index in [1.54, 1.807) is 0 Å². The standard InChI is InChI=1S/C16H19N3O.ClH/c1-4-13-17-14-11-9-7-8-10-12(11)20-15(14)16(18-13)19(5-2)6-3;/h7-10H,4-6H2,1-3H3;1H/p-1. The maximum Gasteiger partial charge on any atom is 0.196 e. The zero-order valence-electron chi connectivity index (χ0n) is 12.6.